The number of phenolic OH excluding ortho intramolecular Hbond substituents is 1. The second kappa shape index (κ2) is 3.97. The first-order chi connectivity index (χ1) is 7.54. The summed E-state index contributed by atoms with van der Waals surface area (Å²) >= 11 is 3.18. The van der Waals surface area contributed by atoms with Gasteiger partial charge in [-0.2, -0.15) is 0 Å². The normalized spacial score (nSPS) is 18.9. The molecule has 0 saturated carbocycles. The molecule has 1 N–H and O–H groups in total. The molecule has 86 valence electrons. The quantitative estimate of drug-likeness (QED) is 0.805. The predicted molar refractivity (Wildman–Crippen MR) is 60.9 cm³/mol. The SMILES string of the molecule is COc1c(Br)c(O)cc2c1C(=O)OC(C)C2. The van der Waals surface area contributed by atoms with Crippen LogP contribution < -0.4 is 4.74 Å². The lowest BCUT2D eigenvalue weighted by molar-refractivity contribution is 0.0296. The van der Waals surface area contributed by atoms with Crippen LogP contribution in [-0.2, 0) is 11.2 Å². The van der Waals surface area contributed by atoms with Crippen LogP contribution in [0.5, 0.6) is 11.5 Å². The summed E-state index contributed by atoms with van der Waals surface area (Å²) in [4.78, 5) is 11.7. The van der Waals surface area contributed by atoms with Gasteiger partial charge >= 0.3 is 5.97 Å². The Bertz CT molecular complexity index is 456. The van der Waals surface area contributed by atoms with Crippen LogP contribution in [0.2, 0.25) is 0 Å². The molecule has 0 amide bonds. The van der Waals surface area contributed by atoms with Crippen LogP contribution in [0.25, 0.3) is 0 Å². The largest absolute Gasteiger partial charge is 0.507 e. The van der Waals surface area contributed by atoms with E-state index in [-0.39, 0.29) is 11.9 Å². The lowest BCUT2D eigenvalue weighted by Gasteiger charge is -2.24. The van der Waals surface area contributed by atoms with Gasteiger partial charge in [-0.05, 0) is 34.5 Å². The van der Waals surface area contributed by atoms with E-state index in [1.807, 2.05) is 6.92 Å². The van der Waals surface area contributed by atoms with Gasteiger partial charge in [-0.25, -0.2) is 4.79 Å². The maximum atomic E-state index is 11.7. The molecule has 1 atom stereocenters. The monoisotopic (exact) mass is 286 g/mol. The highest BCUT2D eigenvalue weighted by Gasteiger charge is 2.30. The molecule has 0 bridgehead atoms. The van der Waals surface area contributed by atoms with Gasteiger partial charge in [0.1, 0.15) is 21.9 Å². The molecule has 1 unspecified atom stereocenters. The van der Waals surface area contributed by atoms with Crippen LogP contribution in [-0.4, -0.2) is 24.3 Å². The zero-order valence-electron chi connectivity index (χ0n) is 8.91. The summed E-state index contributed by atoms with van der Waals surface area (Å²) in [6.07, 6.45) is 0.406. The number of phenols is 1. The van der Waals surface area contributed by atoms with E-state index in [4.69, 9.17) is 9.47 Å². The van der Waals surface area contributed by atoms with E-state index >= 15 is 0 Å². The molecule has 0 saturated heterocycles. The molecule has 0 fully saturated rings. The summed E-state index contributed by atoms with van der Waals surface area (Å²) in [5.74, 6) is -0.0179. The number of benzene rings is 1. The molecule has 1 aromatic rings. The van der Waals surface area contributed by atoms with Crippen LogP contribution >= 0.6 is 15.9 Å². The van der Waals surface area contributed by atoms with Crippen molar-refractivity contribution in [3.05, 3.63) is 21.7 Å². The Balaban J connectivity index is 2.67. The van der Waals surface area contributed by atoms with Gasteiger partial charge in [0, 0.05) is 6.42 Å². The molecule has 4 nitrogen and oxygen atoms in total. The van der Waals surface area contributed by atoms with Crippen molar-refractivity contribution in [2.75, 3.05) is 7.11 Å². The van der Waals surface area contributed by atoms with Crippen molar-refractivity contribution in [3.8, 4) is 11.5 Å². The fourth-order valence-electron chi connectivity index (χ4n) is 1.84. The number of halogens is 1. The summed E-state index contributed by atoms with van der Waals surface area (Å²) in [5, 5.41) is 9.68. The zero-order valence-corrected chi connectivity index (χ0v) is 10.5. The van der Waals surface area contributed by atoms with E-state index in [9.17, 15) is 9.90 Å². The molecule has 1 aliphatic rings. The maximum absolute atomic E-state index is 11.7. The summed E-state index contributed by atoms with van der Waals surface area (Å²) in [6.45, 7) is 1.81. The van der Waals surface area contributed by atoms with Crippen molar-refractivity contribution in [2.24, 2.45) is 0 Å². The molecule has 1 heterocycles. The molecular formula is C11H11BrO4. The van der Waals surface area contributed by atoms with Crippen LogP contribution in [0.4, 0.5) is 0 Å². The number of hydrogen-bond acceptors (Lipinski definition) is 4. The minimum absolute atomic E-state index is 0.0671. The maximum Gasteiger partial charge on any atom is 0.342 e. The third kappa shape index (κ3) is 1.65. The first kappa shape index (κ1) is 11.3. The summed E-state index contributed by atoms with van der Waals surface area (Å²) in [5.41, 5.74) is 1.14. The zero-order chi connectivity index (χ0) is 11.9. The van der Waals surface area contributed by atoms with Gasteiger partial charge in [-0.1, -0.05) is 0 Å². The van der Waals surface area contributed by atoms with Crippen LogP contribution in [0.1, 0.15) is 22.8 Å². The lowest BCUT2D eigenvalue weighted by Crippen LogP contribution is -2.25. The molecule has 0 spiro atoms. The molecule has 1 aromatic carbocycles. The summed E-state index contributed by atoms with van der Waals surface area (Å²) < 4.78 is 10.6. The Kier molecular flexibility index (Phi) is 2.80. The van der Waals surface area contributed by atoms with Crippen molar-refractivity contribution >= 4 is 21.9 Å². The smallest absolute Gasteiger partial charge is 0.342 e. The van der Waals surface area contributed by atoms with E-state index in [0.29, 0.717) is 22.2 Å². The first-order valence-electron chi connectivity index (χ1n) is 4.84. The third-order valence-corrected chi connectivity index (χ3v) is 3.27. The molecule has 16 heavy (non-hydrogen) atoms. The number of methoxy groups -OCH3 is 1. The number of cyclic esters (lactones) is 1. The molecule has 1 aliphatic heterocycles. The average Bonchev–Trinajstić information content (AvgIpc) is 2.20. The van der Waals surface area contributed by atoms with E-state index in [2.05, 4.69) is 15.9 Å². The minimum atomic E-state index is -0.411. The topological polar surface area (TPSA) is 55.8 Å². The van der Waals surface area contributed by atoms with Gasteiger partial charge in [-0.3, -0.25) is 0 Å². The fraction of sp³-hybridized carbons (Fsp3) is 0.364. The number of aromatic hydroxyl groups is 1. The average molecular weight is 287 g/mol. The van der Waals surface area contributed by atoms with E-state index < -0.39 is 5.97 Å². The number of fused-ring (bicyclic) bond motifs is 1. The standard InChI is InChI=1S/C11H11BrO4/c1-5-3-6-4-7(13)9(12)10(15-2)8(6)11(14)16-5/h4-5,13H,3H2,1-2H3. The lowest BCUT2D eigenvalue weighted by atomic mass is 9.98. The van der Waals surface area contributed by atoms with Gasteiger partial charge in [0.05, 0.1) is 7.11 Å². The Morgan fingerprint density at radius 1 is 1.62 bits per heavy atom. The van der Waals surface area contributed by atoms with Crippen LogP contribution in [0, 0.1) is 0 Å². The second-order valence-electron chi connectivity index (χ2n) is 3.70. The number of ether oxygens (including phenoxy) is 2. The fourth-order valence-corrected chi connectivity index (χ4v) is 2.32. The predicted octanol–water partition coefficient (Wildman–Crippen LogP) is 2.26. The van der Waals surface area contributed by atoms with Gasteiger partial charge < -0.3 is 14.6 Å². The molecule has 0 aromatic heterocycles. The highest BCUT2D eigenvalue weighted by Crippen LogP contribution is 2.41. The number of carbonyl (C=O) groups excluding carboxylic acids is 1. The van der Waals surface area contributed by atoms with Gasteiger partial charge in [0.25, 0.3) is 0 Å². The highest BCUT2D eigenvalue weighted by molar-refractivity contribution is 9.10. The van der Waals surface area contributed by atoms with Crippen LogP contribution in [0.3, 0.4) is 0 Å². The first-order valence-corrected chi connectivity index (χ1v) is 5.63. The van der Waals surface area contributed by atoms with E-state index in [0.717, 1.165) is 5.56 Å². The minimum Gasteiger partial charge on any atom is -0.507 e. The number of hydrogen-bond donors (Lipinski definition) is 1. The number of rotatable bonds is 1. The molecular weight excluding hydrogens is 276 g/mol. The number of esters is 1. The molecule has 5 heteroatoms. The van der Waals surface area contributed by atoms with Gasteiger partial charge in [0.2, 0.25) is 0 Å². The van der Waals surface area contributed by atoms with E-state index in [1.165, 1.54) is 7.11 Å². The van der Waals surface area contributed by atoms with Crippen LogP contribution in [0.15, 0.2) is 10.5 Å². The van der Waals surface area contributed by atoms with Crippen molar-refractivity contribution < 1.29 is 19.4 Å². The Morgan fingerprint density at radius 2 is 2.31 bits per heavy atom. The summed E-state index contributed by atoms with van der Waals surface area (Å²) in [6, 6.07) is 1.57. The Hall–Kier alpha value is -1.23. The van der Waals surface area contributed by atoms with E-state index in [1.54, 1.807) is 6.07 Å². The highest BCUT2D eigenvalue weighted by atomic mass is 79.9. The summed E-state index contributed by atoms with van der Waals surface area (Å²) in [7, 11) is 1.45. The van der Waals surface area contributed by atoms with Crippen molar-refractivity contribution in [3.63, 3.8) is 0 Å². The van der Waals surface area contributed by atoms with Crippen molar-refractivity contribution in [1.29, 1.82) is 0 Å². The Labute approximate surface area is 101 Å². The molecule has 0 radical (unpaired) electrons. The van der Waals surface area contributed by atoms with Gasteiger partial charge in [0.15, 0.2) is 5.75 Å². The molecule has 2 rings (SSSR count). The van der Waals surface area contributed by atoms with Crippen molar-refractivity contribution in [2.45, 2.75) is 19.4 Å². The number of carbonyl (C=O) groups is 1. The third-order valence-electron chi connectivity index (χ3n) is 2.51. The molecule has 0 aliphatic carbocycles. The van der Waals surface area contributed by atoms with Crippen molar-refractivity contribution in [1.82, 2.24) is 0 Å². The van der Waals surface area contributed by atoms with Gasteiger partial charge in [-0.15, -0.1) is 0 Å². The Morgan fingerprint density at radius 3 is 2.94 bits per heavy atom. The second-order valence-corrected chi connectivity index (χ2v) is 4.49.